The fourth-order valence-corrected chi connectivity index (χ4v) is 3.37. The number of nitrogens with one attached hydrogen (secondary N) is 1. The number of likely N-dealkylation sites (tertiary alicyclic amines) is 1. The maximum Gasteiger partial charge on any atom is 0.251 e. The lowest BCUT2D eigenvalue weighted by atomic mass is 9.98. The molecule has 3 N–H and O–H groups in total. The molecular weight excluding hydrogens is 352 g/mol. The molecular formula is C20H21F2N3O2. The molecule has 27 heavy (non-hydrogen) atoms. The van der Waals surface area contributed by atoms with Crippen LogP contribution in [-0.2, 0) is 4.79 Å². The zero-order chi connectivity index (χ0) is 19.4. The maximum atomic E-state index is 13.1. The average Bonchev–Trinajstić information content (AvgIpc) is 2.65. The molecule has 0 saturated carbocycles. The third-order valence-electron chi connectivity index (χ3n) is 4.79. The molecule has 0 unspecified atom stereocenters. The Bertz CT molecular complexity index is 801. The van der Waals surface area contributed by atoms with Crippen molar-refractivity contribution in [1.29, 1.82) is 0 Å². The van der Waals surface area contributed by atoms with Crippen molar-refractivity contribution < 1.29 is 18.4 Å². The van der Waals surface area contributed by atoms with Crippen LogP contribution in [-0.4, -0.2) is 35.8 Å². The van der Waals surface area contributed by atoms with Gasteiger partial charge < -0.3 is 11.1 Å². The monoisotopic (exact) mass is 373 g/mol. The van der Waals surface area contributed by atoms with Gasteiger partial charge in [-0.15, -0.1) is 0 Å². The maximum absolute atomic E-state index is 13.1. The predicted molar refractivity (Wildman–Crippen MR) is 96.8 cm³/mol. The lowest BCUT2D eigenvalue weighted by Crippen LogP contribution is -2.48. The van der Waals surface area contributed by atoms with Gasteiger partial charge in [0.05, 0.1) is 0 Å². The van der Waals surface area contributed by atoms with Crippen LogP contribution in [0.25, 0.3) is 0 Å². The summed E-state index contributed by atoms with van der Waals surface area (Å²) in [5, 5.41) is 2.94. The summed E-state index contributed by atoms with van der Waals surface area (Å²) in [6, 6.07) is 10.5. The molecule has 142 valence electrons. The summed E-state index contributed by atoms with van der Waals surface area (Å²) in [7, 11) is 0. The number of amides is 2. The van der Waals surface area contributed by atoms with Gasteiger partial charge in [0, 0.05) is 24.7 Å². The van der Waals surface area contributed by atoms with E-state index < -0.39 is 17.8 Å². The molecule has 1 heterocycles. The van der Waals surface area contributed by atoms with Crippen molar-refractivity contribution in [2.24, 2.45) is 5.73 Å². The van der Waals surface area contributed by atoms with E-state index in [-0.39, 0.29) is 17.8 Å². The number of nitrogens with zero attached hydrogens (tertiary/aromatic N) is 1. The molecule has 0 bridgehead atoms. The van der Waals surface area contributed by atoms with Gasteiger partial charge in [-0.2, -0.15) is 0 Å². The second-order valence-corrected chi connectivity index (χ2v) is 6.65. The first-order valence-corrected chi connectivity index (χ1v) is 8.79. The number of carbonyl (C=O) groups excluding carboxylic acids is 2. The fourth-order valence-electron chi connectivity index (χ4n) is 3.37. The topological polar surface area (TPSA) is 75.4 Å². The van der Waals surface area contributed by atoms with Crippen LogP contribution in [0.2, 0.25) is 0 Å². The highest BCUT2D eigenvalue weighted by Crippen LogP contribution is 2.25. The highest BCUT2D eigenvalue weighted by atomic mass is 19.1. The van der Waals surface area contributed by atoms with E-state index in [1.807, 2.05) is 4.90 Å². The lowest BCUT2D eigenvalue weighted by molar-refractivity contribution is -0.124. The van der Waals surface area contributed by atoms with E-state index in [1.54, 1.807) is 12.1 Å². The van der Waals surface area contributed by atoms with Crippen LogP contribution >= 0.6 is 0 Å². The van der Waals surface area contributed by atoms with Gasteiger partial charge in [0.2, 0.25) is 5.91 Å². The predicted octanol–water partition coefficient (Wildman–Crippen LogP) is 2.39. The standard InChI is InChI=1S/C20H21F2N3O2/c21-15-5-1-13(2-6-15)18(19(23)26)25-11-9-17(10-12-25)24-20(27)14-3-7-16(22)8-4-14/h1-8,17-18H,9-12H2,(H2,23,26)(H,24,27)/t18-/m0/s1. The van der Waals surface area contributed by atoms with Gasteiger partial charge in [0.15, 0.2) is 0 Å². The van der Waals surface area contributed by atoms with E-state index in [4.69, 9.17) is 5.73 Å². The first-order chi connectivity index (χ1) is 12.9. The van der Waals surface area contributed by atoms with E-state index >= 15 is 0 Å². The minimum Gasteiger partial charge on any atom is -0.368 e. The Morgan fingerprint density at radius 2 is 1.48 bits per heavy atom. The number of nitrogens with two attached hydrogens (primary N) is 1. The number of primary amides is 1. The zero-order valence-electron chi connectivity index (χ0n) is 14.7. The summed E-state index contributed by atoms with van der Waals surface area (Å²) >= 11 is 0. The van der Waals surface area contributed by atoms with Crippen molar-refractivity contribution in [2.75, 3.05) is 13.1 Å². The molecule has 5 nitrogen and oxygen atoms in total. The van der Waals surface area contributed by atoms with Gasteiger partial charge in [-0.05, 0) is 54.8 Å². The van der Waals surface area contributed by atoms with Crippen LogP contribution in [0.5, 0.6) is 0 Å². The van der Waals surface area contributed by atoms with E-state index in [9.17, 15) is 18.4 Å². The number of hydrogen-bond acceptors (Lipinski definition) is 3. The van der Waals surface area contributed by atoms with E-state index in [0.29, 0.717) is 37.1 Å². The molecule has 1 atom stereocenters. The molecule has 2 amide bonds. The molecule has 1 aliphatic heterocycles. The van der Waals surface area contributed by atoms with Crippen LogP contribution in [0.15, 0.2) is 48.5 Å². The highest BCUT2D eigenvalue weighted by molar-refractivity contribution is 5.94. The van der Waals surface area contributed by atoms with Crippen LogP contribution in [0, 0.1) is 11.6 Å². The quantitative estimate of drug-likeness (QED) is 0.845. The second-order valence-electron chi connectivity index (χ2n) is 6.65. The average molecular weight is 373 g/mol. The third kappa shape index (κ3) is 4.68. The molecule has 1 saturated heterocycles. The van der Waals surface area contributed by atoms with Crippen LogP contribution in [0.3, 0.4) is 0 Å². The number of benzene rings is 2. The van der Waals surface area contributed by atoms with Gasteiger partial charge in [0.1, 0.15) is 17.7 Å². The number of piperidine rings is 1. The number of carbonyl (C=O) groups is 2. The molecule has 7 heteroatoms. The largest absolute Gasteiger partial charge is 0.368 e. The Morgan fingerprint density at radius 1 is 0.963 bits per heavy atom. The minimum atomic E-state index is -0.626. The lowest BCUT2D eigenvalue weighted by Gasteiger charge is -2.36. The van der Waals surface area contributed by atoms with E-state index in [0.717, 1.165) is 0 Å². The van der Waals surface area contributed by atoms with Gasteiger partial charge in [0.25, 0.3) is 5.91 Å². The number of rotatable bonds is 5. The summed E-state index contributed by atoms with van der Waals surface area (Å²) in [5.41, 5.74) is 6.62. The van der Waals surface area contributed by atoms with Crippen molar-refractivity contribution >= 4 is 11.8 Å². The Morgan fingerprint density at radius 3 is 2.00 bits per heavy atom. The van der Waals surface area contributed by atoms with Crippen LogP contribution < -0.4 is 11.1 Å². The van der Waals surface area contributed by atoms with Crippen LogP contribution in [0.4, 0.5) is 8.78 Å². The van der Waals surface area contributed by atoms with Crippen molar-refractivity contribution in [3.63, 3.8) is 0 Å². The molecule has 0 aliphatic carbocycles. The fraction of sp³-hybridized carbons (Fsp3) is 0.300. The number of hydrogen-bond donors (Lipinski definition) is 2. The van der Waals surface area contributed by atoms with Gasteiger partial charge in [-0.3, -0.25) is 14.5 Å². The van der Waals surface area contributed by atoms with E-state index in [1.165, 1.54) is 36.4 Å². The Hall–Kier alpha value is -2.80. The van der Waals surface area contributed by atoms with Gasteiger partial charge >= 0.3 is 0 Å². The van der Waals surface area contributed by atoms with Crippen LogP contribution in [0.1, 0.15) is 34.8 Å². The highest BCUT2D eigenvalue weighted by Gasteiger charge is 2.30. The smallest absolute Gasteiger partial charge is 0.251 e. The molecule has 1 fully saturated rings. The minimum absolute atomic E-state index is 0.0412. The summed E-state index contributed by atoms with van der Waals surface area (Å²) < 4.78 is 26.1. The normalized spacial score (nSPS) is 16.7. The summed E-state index contributed by atoms with van der Waals surface area (Å²) in [5.74, 6) is -1.50. The summed E-state index contributed by atoms with van der Waals surface area (Å²) in [6.07, 6.45) is 1.30. The Labute approximate surface area is 156 Å². The number of halogens is 2. The summed E-state index contributed by atoms with van der Waals surface area (Å²) in [6.45, 7) is 1.14. The molecule has 0 radical (unpaired) electrons. The van der Waals surface area contributed by atoms with Gasteiger partial charge in [-0.1, -0.05) is 12.1 Å². The Balaban J connectivity index is 1.60. The van der Waals surface area contributed by atoms with Crippen molar-refractivity contribution in [3.8, 4) is 0 Å². The second kappa shape index (κ2) is 8.26. The van der Waals surface area contributed by atoms with Crippen molar-refractivity contribution in [1.82, 2.24) is 10.2 Å². The molecule has 2 aromatic carbocycles. The first-order valence-electron chi connectivity index (χ1n) is 8.79. The van der Waals surface area contributed by atoms with E-state index in [2.05, 4.69) is 5.32 Å². The third-order valence-corrected chi connectivity index (χ3v) is 4.79. The summed E-state index contributed by atoms with van der Waals surface area (Å²) in [4.78, 5) is 26.1. The van der Waals surface area contributed by atoms with Gasteiger partial charge in [-0.25, -0.2) is 8.78 Å². The molecule has 2 aromatic rings. The zero-order valence-corrected chi connectivity index (χ0v) is 14.7. The molecule has 0 spiro atoms. The first kappa shape index (κ1) is 19.0. The Kier molecular flexibility index (Phi) is 5.81. The molecule has 3 rings (SSSR count). The van der Waals surface area contributed by atoms with Crippen molar-refractivity contribution in [3.05, 3.63) is 71.3 Å². The molecule has 0 aromatic heterocycles. The SMILES string of the molecule is NC(=O)[C@H](c1ccc(F)cc1)N1CCC(NC(=O)c2ccc(F)cc2)CC1. The molecule has 1 aliphatic rings. The van der Waals surface area contributed by atoms with Crippen molar-refractivity contribution in [2.45, 2.75) is 24.9 Å².